The van der Waals surface area contributed by atoms with E-state index in [9.17, 15) is 9.59 Å². The van der Waals surface area contributed by atoms with Crippen molar-refractivity contribution in [3.63, 3.8) is 0 Å². The highest BCUT2D eigenvalue weighted by atomic mass is 35.5. The molecule has 1 fully saturated rings. The largest absolute Gasteiger partial charge is 0.469 e. The van der Waals surface area contributed by atoms with Crippen LogP contribution >= 0.6 is 11.6 Å². The highest BCUT2D eigenvalue weighted by molar-refractivity contribution is 6.35. The molecule has 2 atom stereocenters. The second-order valence-electron chi connectivity index (χ2n) is 4.87. The lowest BCUT2D eigenvalue weighted by atomic mass is 10.0. The van der Waals surface area contributed by atoms with E-state index in [0.717, 1.165) is 5.39 Å². The number of hydrogen-bond acceptors (Lipinski definition) is 4. The Hall–Kier alpha value is -1.94. The number of nitrogens with zero attached hydrogens (tertiary/aromatic N) is 1. The maximum Gasteiger partial charge on any atom is 0.309 e. The maximum absolute atomic E-state index is 12.3. The summed E-state index contributed by atoms with van der Waals surface area (Å²) in [6, 6.07) is 7.03. The summed E-state index contributed by atoms with van der Waals surface area (Å²) in [5, 5.41) is 1.26. The predicted octanol–water partition coefficient (Wildman–Crippen LogP) is 2.88. The molecule has 0 spiro atoms. The molecule has 102 valence electrons. The Bertz CT molecular complexity index is 713. The summed E-state index contributed by atoms with van der Waals surface area (Å²) in [5.74, 6) is -0.978. The van der Waals surface area contributed by atoms with Crippen molar-refractivity contribution in [2.45, 2.75) is 6.42 Å². The minimum absolute atomic E-state index is 0.0620. The first-order chi connectivity index (χ1) is 9.61. The molecule has 2 aromatic rings. The van der Waals surface area contributed by atoms with Gasteiger partial charge in [0.15, 0.2) is 5.78 Å². The van der Waals surface area contributed by atoms with E-state index in [1.807, 2.05) is 6.07 Å². The number of carbonyl (C=O) groups excluding carboxylic acids is 2. The van der Waals surface area contributed by atoms with Crippen molar-refractivity contribution < 1.29 is 14.3 Å². The number of aromatic nitrogens is 1. The van der Waals surface area contributed by atoms with E-state index < -0.39 is 0 Å². The predicted molar refractivity (Wildman–Crippen MR) is 74.7 cm³/mol. The number of carbonyl (C=O) groups is 2. The van der Waals surface area contributed by atoms with Gasteiger partial charge in [-0.15, -0.1) is 0 Å². The molecule has 1 aliphatic rings. The first kappa shape index (κ1) is 13.1. The molecule has 1 aliphatic carbocycles. The van der Waals surface area contributed by atoms with E-state index in [1.165, 1.54) is 7.11 Å². The van der Waals surface area contributed by atoms with Gasteiger partial charge in [0.1, 0.15) is 0 Å². The van der Waals surface area contributed by atoms with Gasteiger partial charge in [-0.3, -0.25) is 14.6 Å². The molecule has 0 unspecified atom stereocenters. The van der Waals surface area contributed by atoms with E-state index in [-0.39, 0.29) is 23.6 Å². The fourth-order valence-corrected chi connectivity index (χ4v) is 2.68. The van der Waals surface area contributed by atoms with Gasteiger partial charge in [-0.25, -0.2) is 0 Å². The zero-order chi connectivity index (χ0) is 14.3. The number of ketones is 1. The zero-order valence-corrected chi connectivity index (χ0v) is 11.6. The summed E-state index contributed by atoms with van der Waals surface area (Å²) in [7, 11) is 1.33. The topological polar surface area (TPSA) is 56.3 Å². The highest BCUT2D eigenvalue weighted by Gasteiger charge is 2.49. The van der Waals surface area contributed by atoms with Crippen molar-refractivity contribution in [3.8, 4) is 0 Å². The third-order valence-corrected chi connectivity index (χ3v) is 3.86. The van der Waals surface area contributed by atoms with Crippen LogP contribution in [0.1, 0.15) is 16.8 Å². The Morgan fingerprint density at radius 2 is 2.15 bits per heavy atom. The SMILES string of the molecule is COC(=O)[C@H]1C[C@@H]1C(=O)c1cc(Cl)c2ncccc2c1. The molecule has 0 bridgehead atoms. The number of rotatable bonds is 3. The lowest BCUT2D eigenvalue weighted by Crippen LogP contribution is -2.10. The lowest BCUT2D eigenvalue weighted by Gasteiger charge is -2.04. The molecular weight excluding hydrogens is 278 g/mol. The third kappa shape index (κ3) is 2.16. The van der Waals surface area contributed by atoms with Gasteiger partial charge in [0, 0.05) is 23.1 Å². The molecular formula is C15H12ClNO3. The summed E-state index contributed by atoms with van der Waals surface area (Å²) in [6.45, 7) is 0. The van der Waals surface area contributed by atoms with Crippen LogP contribution in [0.3, 0.4) is 0 Å². The fourth-order valence-electron chi connectivity index (χ4n) is 2.40. The summed E-state index contributed by atoms with van der Waals surface area (Å²) < 4.78 is 4.66. The van der Waals surface area contributed by atoms with Gasteiger partial charge in [-0.2, -0.15) is 0 Å². The average Bonchev–Trinajstić information content (AvgIpc) is 3.26. The number of fused-ring (bicyclic) bond motifs is 1. The first-order valence-corrected chi connectivity index (χ1v) is 6.66. The molecule has 1 saturated carbocycles. The van der Waals surface area contributed by atoms with Crippen molar-refractivity contribution in [1.29, 1.82) is 0 Å². The summed E-state index contributed by atoms with van der Waals surface area (Å²) in [5.41, 5.74) is 1.19. The number of esters is 1. The Balaban J connectivity index is 1.92. The second kappa shape index (κ2) is 4.87. The van der Waals surface area contributed by atoms with Gasteiger partial charge in [-0.1, -0.05) is 17.7 Å². The smallest absolute Gasteiger partial charge is 0.309 e. The number of benzene rings is 1. The number of Topliss-reactive ketones (excluding diaryl/α,β-unsaturated/α-hetero) is 1. The summed E-state index contributed by atoms with van der Waals surface area (Å²) >= 11 is 6.15. The van der Waals surface area contributed by atoms with E-state index >= 15 is 0 Å². The average molecular weight is 290 g/mol. The van der Waals surface area contributed by atoms with Gasteiger partial charge in [-0.05, 0) is 24.6 Å². The first-order valence-electron chi connectivity index (χ1n) is 6.28. The van der Waals surface area contributed by atoms with E-state index in [1.54, 1.807) is 24.4 Å². The molecule has 1 aromatic heterocycles. The molecule has 20 heavy (non-hydrogen) atoms. The minimum Gasteiger partial charge on any atom is -0.469 e. The van der Waals surface area contributed by atoms with Crippen molar-refractivity contribution in [1.82, 2.24) is 4.98 Å². The van der Waals surface area contributed by atoms with Crippen LogP contribution in [-0.2, 0) is 9.53 Å². The number of ether oxygens (including phenoxy) is 1. The third-order valence-electron chi connectivity index (χ3n) is 3.57. The van der Waals surface area contributed by atoms with Crippen molar-refractivity contribution in [3.05, 3.63) is 41.0 Å². The quantitative estimate of drug-likeness (QED) is 0.644. The van der Waals surface area contributed by atoms with Crippen LogP contribution in [0.25, 0.3) is 10.9 Å². The van der Waals surface area contributed by atoms with Crippen LogP contribution in [0.4, 0.5) is 0 Å². The van der Waals surface area contributed by atoms with Gasteiger partial charge < -0.3 is 4.74 Å². The fraction of sp³-hybridized carbons (Fsp3) is 0.267. The second-order valence-corrected chi connectivity index (χ2v) is 5.28. The summed E-state index contributed by atoms with van der Waals surface area (Å²) in [4.78, 5) is 27.9. The van der Waals surface area contributed by atoms with Crippen molar-refractivity contribution in [2.24, 2.45) is 11.8 Å². The molecule has 0 radical (unpaired) electrons. The summed E-state index contributed by atoms with van der Waals surface area (Å²) in [6.07, 6.45) is 2.21. The van der Waals surface area contributed by atoms with Crippen LogP contribution in [-0.4, -0.2) is 23.8 Å². The Kier molecular flexibility index (Phi) is 3.18. The molecule has 5 heteroatoms. The van der Waals surface area contributed by atoms with Crippen molar-refractivity contribution >= 4 is 34.3 Å². The molecule has 0 amide bonds. The number of hydrogen-bond donors (Lipinski definition) is 0. The molecule has 3 rings (SSSR count). The van der Waals surface area contributed by atoms with Crippen LogP contribution in [0.2, 0.25) is 5.02 Å². The Morgan fingerprint density at radius 1 is 1.35 bits per heavy atom. The maximum atomic E-state index is 12.3. The molecule has 0 N–H and O–H groups in total. The zero-order valence-electron chi connectivity index (χ0n) is 10.8. The Morgan fingerprint density at radius 3 is 2.90 bits per heavy atom. The Labute approximate surface area is 120 Å². The molecule has 4 nitrogen and oxygen atoms in total. The standard InChI is InChI=1S/C15H12ClNO3/c1-20-15(19)11-7-10(11)14(18)9-5-8-3-2-4-17-13(8)12(16)6-9/h2-6,10-11H,7H2,1H3/t10-,11-/m0/s1. The molecule has 1 heterocycles. The van der Waals surface area contributed by atoms with Gasteiger partial charge >= 0.3 is 5.97 Å². The van der Waals surface area contributed by atoms with E-state index in [2.05, 4.69) is 9.72 Å². The number of methoxy groups -OCH3 is 1. The van der Waals surface area contributed by atoms with E-state index in [0.29, 0.717) is 22.5 Å². The van der Waals surface area contributed by atoms with Crippen LogP contribution < -0.4 is 0 Å². The molecule has 0 saturated heterocycles. The number of halogens is 1. The minimum atomic E-state index is -0.322. The van der Waals surface area contributed by atoms with Crippen LogP contribution in [0, 0.1) is 11.8 Å². The molecule has 0 aliphatic heterocycles. The molecule has 1 aromatic carbocycles. The van der Waals surface area contributed by atoms with Gasteiger partial charge in [0.2, 0.25) is 0 Å². The normalized spacial score (nSPS) is 20.7. The van der Waals surface area contributed by atoms with Crippen LogP contribution in [0.15, 0.2) is 30.5 Å². The number of pyridine rings is 1. The van der Waals surface area contributed by atoms with Gasteiger partial charge in [0.05, 0.1) is 23.6 Å². The van der Waals surface area contributed by atoms with Crippen molar-refractivity contribution in [2.75, 3.05) is 7.11 Å². The monoisotopic (exact) mass is 289 g/mol. The highest BCUT2D eigenvalue weighted by Crippen LogP contribution is 2.42. The lowest BCUT2D eigenvalue weighted by molar-refractivity contribution is -0.142. The van der Waals surface area contributed by atoms with Crippen LogP contribution in [0.5, 0.6) is 0 Å². The van der Waals surface area contributed by atoms with E-state index in [4.69, 9.17) is 11.6 Å². The van der Waals surface area contributed by atoms with Gasteiger partial charge in [0.25, 0.3) is 0 Å².